The van der Waals surface area contributed by atoms with E-state index in [0.717, 1.165) is 24.3 Å². The molecule has 1 heterocycles. The standard InChI is InChI=1S/C13H22N2O5S/c1-20-11(16)3-2-10(12(17)18)15-13(19)14-8-9-4-6-21-7-5-9/h9-10H,2-8H2,1H3,(H,17,18)(H2,14,15,19)/t10-/m1/s1. The van der Waals surface area contributed by atoms with E-state index in [2.05, 4.69) is 15.4 Å². The number of aliphatic carboxylic acids is 1. The number of amides is 2. The van der Waals surface area contributed by atoms with Gasteiger partial charge in [0.25, 0.3) is 0 Å². The zero-order valence-corrected chi connectivity index (χ0v) is 12.9. The monoisotopic (exact) mass is 318 g/mol. The largest absolute Gasteiger partial charge is 0.480 e. The number of thioether (sulfide) groups is 1. The van der Waals surface area contributed by atoms with Gasteiger partial charge < -0.3 is 20.5 Å². The average Bonchev–Trinajstić information content (AvgIpc) is 2.49. The number of ether oxygens (including phenoxy) is 1. The summed E-state index contributed by atoms with van der Waals surface area (Å²) in [5.74, 6) is 0.997. The summed E-state index contributed by atoms with van der Waals surface area (Å²) in [6.07, 6.45) is 2.09. The Bertz CT molecular complexity index is 372. The first-order valence-electron chi connectivity index (χ1n) is 6.94. The molecule has 1 saturated heterocycles. The van der Waals surface area contributed by atoms with E-state index in [1.54, 1.807) is 0 Å². The van der Waals surface area contributed by atoms with E-state index in [4.69, 9.17) is 5.11 Å². The molecule has 1 aliphatic rings. The van der Waals surface area contributed by atoms with Gasteiger partial charge in [-0.1, -0.05) is 0 Å². The lowest BCUT2D eigenvalue weighted by Crippen LogP contribution is -2.47. The highest BCUT2D eigenvalue weighted by molar-refractivity contribution is 7.99. The zero-order chi connectivity index (χ0) is 15.7. The molecule has 0 aromatic rings. The van der Waals surface area contributed by atoms with Crippen LogP contribution in [0.5, 0.6) is 0 Å². The molecule has 120 valence electrons. The second kappa shape index (κ2) is 9.49. The van der Waals surface area contributed by atoms with E-state index >= 15 is 0 Å². The minimum atomic E-state index is -1.16. The minimum Gasteiger partial charge on any atom is -0.480 e. The first kappa shape index (κ1) is 17.6. The number of hydrogen-bond donors (Lipinski definition) is 3. The fourth-order valence-electron chi connectivity index (χ4n) is 2.02. The maximum Gasteiger partial charge on any atom is 0.326 e. The van der Waals surface area contributed by atoms with E-state index in [0.29, 0.717) is 12.5 Å². The molecule has 1 aliphatic heterocycles. The molecule has 0 saturated carbocycles. The quantitative estimate of drug-likeness (QED) is 0.601. The van der Waals surface area contributed by atoms with Gasteiger partial charge in [0.1, 0.15) is 6.04 Å². The van der Waals surface area contributed by atoms with Gasteiger partial charge in [0, 0.05) is 13.0 Å². The Morgan fingerprint density at radius 1 is 1.33 bits per heavy atom. The fraction of sp³-hybridized carbons (Fsp3) is 0.769. The Labute approximate surface area is 128 Å². The molecule has 2 amide bonds. The lowest BCUT2D eigenvalue weighted by atomic mass is 10.0. The van der Waals surface area contributed by atoms with Gasteiger partial charge in [0.05, 0.1) is 7.11 Å². The number of urea groups is 1. The fourth-order valence-corrected chi connectivity index (χ4v) is 3.22. The smallest absolute Gasteiger partial charge is 0.326 e. The highest BCUT2D eigenvalue weighted by Gasteiger charge is 2.22. The third-order valence-electron chi connectivity index (χ3n) is 3.36. The number of nitrogens with one attached hydrogen (secondary N) is 2. The van der Waals surface area contributed by atoms with Gasteiger partial charge >= 0.3 is 18.0 Å². The van der Waals surface area contributed by atoms with Crippen LogP contribution in [0.2, 0.25) is 0 Å². The van der Waals surface area contributed by atoms with Crippen LogP contribution >= 0.6 is 11.8 Å². The number of carboxylic acids is 1. The van der Waals surface area contributed by atoms with Crippen LogP contribution in [0, 0.1) is 5.92 Å². The van der Waals surface area contributed by atoms with Crippen molar-refractivity contribution in [1.29, 1.82) is 0 Å². The van der Waals surface area contributed by atoms with Crippen LogP contribution in [-0.2, 0) is 14.3 Å². The van der Waals surface area contributed by atoms with E-state index < -0.39 is 24.0 Å². The van der Waals surface area contributed by atoms with Crippen molar-refractivity contribution in [3.63, 3.8) is 0 Å². The molecule has 0 aromatic heterocycles. The molecule has 1 atom stereocenters. The molecule has 3 N–H and O–H groups in total. The number of carbonyl (C=O) groups is 3. The lowest BCUT2D eigenvalue weighted by Gasteiger charge is -2.22. The first-order chi connectivity index (χ1) is 10.0. The molecule has 8 heteroatoms. The molecule has 0 radical (unpaired) electrons. The maximum atomic E-state index is 11.7. The Hall–Kier alpha value is -1.44. The van der Waals surface area contributed by atoms with Crippen molar-refractivity contribution >= 4 is 29.7 Å². The van der Waals surface area contributed by atoms with Crippen LogP contribution in [0.15, 0.2) is 0 Å². The summed E-state index contributed by atoms with van der Waals surface area (Å²) in [5, 5.41) is 14.1. The van der Waals surface area contributed by atoms with Crippen molar-refractivity contribution < 1.29 is 24.2 Å². The highest BCUT2D eigenvalue weighted by Crippen LogP contribution is 2.21. The summed E-state index contributed by atoms with van der Waals surface area (Å²) < 4.78 is 4.45. The van der Waals surface area contributed by atoms with E-state index in [9.17, 15) is 14.4 Å². The molecular weight excluding hydrogens is 296 g/mol. The van der Waals surface area contributed by atoms with Crippen molar-refractivity contribution in [1.82, 2.24) is 10.6 Å². The highest BCUT2D eigenvalue weighted by atomic mass is 32.2. The number of carboxylic acid groups (broad SMARTS) is 1. The van der Waals surface area contributed by atoms with Crippen LogP contribution in [0.3, 0.4) is 0 Å². The van der Waals surface area contributed by atoms with E-state index in [1.807, 2.05) is 11.8 Å². The van der Waals surface area contributed by atoms with Crippen LogP contribution in [0.1, 0.15) is 25.7 Å². The summed E-state index contributed by atoms with van der Waals surface area (Å²) in [6, 6.07) is -1.60. The van der Waals surface area contributed by atoms with Crippen molar-refractivity contribution in [2.45, 2.75) is 31.7 Å². The summed E-state index contributed by atoms with van der Waals surface area (Å²) in [5.41, 5.74) is 0. The van der Waals surface area contributed by atoms with Gasteiger partial charge in [0.2, 0.25) is 0 Å². The van der Waals surface area contributed by atoms with Gasteiger partial charge in [-0.3, -0.25) is 4.79 Å². The molecule has 7 nitrogen and oxygen atoms in total. The Balaban J connectivity index is 2.30. The van der Waals surface area contributed by atoms with Crippen LogP contribution in [0.25, 0.3) is 0 Å². The summed E-state index contributed by atoms with van der Waals surface area (Å²) >= 11 is 1.91. The first-order valence-corrected chi connectivity index (χ1v) is 8.10. The van der Waals surface area contributed by atoms with Gasteiger partial charge in [-0.15, -0.1) is 0 Å². The van der Waals surface area contributed by atoms with Crippen molar-refractivity contribution in [2.75, 3.05) is 25.2 Å². The number of carbonyl (C=O) groups excluding carboxylic acids is 2. The molecule has 21 heavy (non-hydrogen) atoms. The van der Waals surface area contributed by atoms with Crippen molar-refractivity contribution in [2.24, 2.45) is 5.92 Å². The van der Waals surface area contributed by atoms with Crippen LogP contribution in [-0.4, -0.2) is 54.3 Å². The average molecular weight is 318 g/mol. The van der Waals surface area contributed by atoms with Crippen molar-refractivity contribution in [3.05, 3.63) is 0 Å². The molecule has 0 aliphatic carbocycles. The second-order valence-corrected chi connectivity index (χ2v) is 6.14. The normalized spacial score (nSPS) is 16.8. The zero-order valence-electron chi connectivity index (χ0n) is 12.1. The molecule has 1 rings (SSSR count). The van der Waals surface area contributed by atoms with E-state index in [1.165, 1.54) is 7.11 Å². The lowest BCUT2D eigenvalue weighted by molar-refractivity contribution is -0.142. The predicted octanol–water partition coefficient (Wildman–Crippen LogP) is 0.835. The summed E-state index contributed by atoms with van der Waals surface area (Å²) in [4.78, 5) is 33.8. The number of esters is 1. The molecule has 0 unspecified atom stereocenters. The van der Waals surface area contributed by atoms with E-state index in [-0.39, 0.29) is 12.8 Å². The van der Waals surface area contributed by atoms with Gasteiger partial charge in [-0.25, -0.2) is 9.59 Å². The van der Waals surface area contributed by atoms with Crippen molar-refractivity contribution in [3.8, 4) is 0 Å². The van der Waals surface area contributed by atoms with Crippen LogP contribution < -0.4 is 10.6 Å². The SMILES string of the molecule is COC(=O)CC[C@@H](NC(=O)NCC1CCSCC1)C(=O)O. The summed E-state index contributed by atoms with van der Waals surface area (Å²) in [6.45, 7) is 0.551. The summed E-state index contributed by atoms with van der Waals surface area (Å²) in [7, 11) is 1.24. The minimum absolute atomic E-state index is 0.00942. The van der Waals surface area contributed by atoms with Gasteiger partial charge in [-0.2, -0.15) is 11.8 Å². The number of rotatable bonds is 7. The van der Waals surface area contributed by atoms with Gasteiger partial charge in [0.15, 0.2) is 0 Å². The number of hydrogen-bond acceptors (Lipinski definition) is 5. The molecule has 0 bridgehead atoms. The third kappa shape index (κ3) is 7.22. The molecule has 0 aromatic carbocycles. The Morgan fingerprint density at radius 3 is 2.57 bits per heavy atom. The predicted molar refractivity (Wildman–Crippen MR) is 79.3 cm³/mol. The maximum absolute atomic E-state index is 11.7. The molecular formula is C13H22N2O5S. The molecule has 0 spiro atoms. The third-order valence-corrected chi connectivity index (χ3v) is 4.41. The Kier molecular flexibility index (Phi) is 7.96. The van der Waals surface area contributed by atoms with Crippen LogP contribution in [0.4, 0.5) is 4.79 Å². The second-order valence-electron chi connectivity index (χ2n) is 4.92. The Morgan fingerprint density at radius 2 is 2.00 bits per heavy atom. The van der Waals surface area contributed by atoms with Gasteiger partial charge in [-0.05, 0) is 36.7 Å². The molecule has 1 fully saturated rings. The topological polar surface area (TPSA) is 105 Å². The number of methoxy groups -OCH3 is 1.